The molecule has 2 aromatic rings. The lowest BCUT2D eigenvalue weighted by molar-refractivity contribution is 0.0398. The number of ether oxygens (including phenoxy) is 1. The maximum absolute atomic E-state index is 6.41. The van der Waals surface area contributed by atoms with Gasteiger partial charge >= 0.3 is 0 Å². The van der Waals surface area contributed by atoms with Gasteiger partial charge < -0.3 is 25.6 Å². The summed E-state index contributed by atoms with van der Waals surface area (Å²) in [5.41, 5.74) is 8.17. The summed E-state index contributed by atoms with van der Waals surface area (Å²) in [5.74, 6) is 1.51. The van der Waals surface area contributed by atoms with E-state index in [4.69, 9.17) is 22.1 Å². The Morgan fingerprint density at radius 2 is 1.79 bits per heavy atom. The second-order valence-corrected chi connectivity index (χ2v) is 7.73. The minimum absolute atomic E-state index is 0.616. The third kappa shape index (κ3) is 5.01. The molecule has 29 heavy (non-hydrogen) atoms. The zero-order chi connectivity index (χ0) is 20.1. The van der Waals surface area contributed by atoms with Gasteiger partial charge in [0.2, 0.25) is 0 Å². The van der Waals surface area contributed by atoms with Gasteiger partial charge in [0.25, 0.3) is 0 Å². The average Bonchev–Trinajstić information content (AvgIpc) is 2.76. The highest BCUT2D eigenvalue weighted by molar-refractivity contribution is 6.30. The Bertz CT molecular complexity index is 807. The molecule has 0 saturated carbocycles. The minimum Gasteiger partial charge on any atom is -0.393 e. The monoisotopic (exact) mass is 417 g/mol. The van der Waals surface area contributed by atoms with Crippen molar-refractivity contribution in [1.29, 1.82) is 0 Å². The number of aromatic nitrogens is 2. The number of halogens is 1. The first kappa shape index (κ1) is 20.0. The number of nitrogen functional groups attached to an aromatic ring is 1. The van der Waals surface area contributed by atoms with Crippen LogP contribution in [0, 0.1) is 0 Å². The molecule has 3 N–H and O–H groups in total. The molecule has 0 aliphatic carbocycles. The van der Waals surface area contributed by atoms with Gasteiger partial charge in [0, 0.05) is 63.1 Å². The Kier molecular flexibility index (Phi) is 6.53. The molecular weight excluding hydrogens is 390 g/mol. The molecule has 9 heteroatoms. The maximum atomic E-state index is 6.41. The van der Waals surface area contributed by atoms with Crippen LogP contribution in [0.25, 0.3) is 0 Å². The first-order valence-electron chi connectivity index (χ1n) is 10.1. The molecule has 2 aliphatic rings. The lowest BCUT2D eigenvalue weighted by atomic mass is 10.2. The number of morpholine rings is 1. The van der Waals surface area contributed by atoms with Gasteiger partial charge in [-0.15, -0.1) is 0 Å². The Morgan fingerprint density at radius 3 is 2.55 bits per heavy atom. The number of rotatable bonds is 6. The fraction of sp³-hybridized carbons (Fsp3) is 0.500. The van der Waals surface area contributed by atoms with E-state index in [1.54, 1.807) is 6.33 Å². The van der Waals surface area contributed by atoms with E-state index in [1.165, 1.54) is 0 Å². The van der Waals surface area contributed by atoms with E-state index in [0.29, 0.717) is 11.5 Å². The summed E-state index contributed by atoms with van der Waals surface area (Å²) in [6, 6.07) is 7.99. The number of nitrogens with two attached hydrogens (primary N) is 1. The maximum Gasteiger partial charge on any atom is 0.157 e. The van der Waals surface area contributed by atoms with Crippen LogP contribution in [0.1, 0.15) is 0 Å². The molecule has 1 aromatic carbocycles. The van der Waals surface area contributed by atoms with Crippen molar-refractivity contribution in [2.75, 3.05) is 86.4 Å². The highest BCUT2D eigenvalue weighted by Crippen LogP contribution is 2.28. The predicted octanol–water partition coefficient (Wildman–Crippen LogP) is 1.78. The van der Waals surface area contributed by atoms with Crippen molar-refractivity contribution in [2.45, 2.75) is 0 Å². The first-order valence-corrected chi connectivity index (χ1v) is 10.5. The lowest BCUT2D eigenvalue weighted by Crippen LogP contribution is -2.47. The molecule has 2 saturated heterocycles. The Morgan fingerprint density at radius 1 is 1.03 bits per heavy atom. The summed E-state index contributed by atoms with van der Waals surface area (Å²) in [6.07, 6.45) is 1.59. The molecule has 0 radical (unpaired) electrons. The van der Waals surface area contributed by atoms with E-state index >= 15 is 0 Å². The van der Waals surface area contributed by atoms with E-state index in [0.717, 1.165) is 82.1 Å². The van der Waals surface area contributed by atoms with Crippen LogP contribution >= 0.6 is 11.6 Å². The van der Waals surface area contributed by atoms with Crippen LogP contribution in [0.15, 0.2) is 30.6 Å². The number of hydrogen-bond acceptors (Lipinski definition) is 8. The topological polar surface area (TPSA) is 82.8 Å². The van der Waals surface area contributed by atoms with Crippen LogP contribution in [0.2, 0.25) is 5.02 Å². The molecule has 0 unspecified atom stereocenters. The highest BCUT2D eigenvalue weighted by atomic mass is 35.5. The van der Waals surface area contributed by atoms with Gasteiger partial charge in [0.05, 0.1) is 13.2 Å². The normalized spacial score (nSPS) is 18.1. The number of piperazine rings is 1. The second-order valence-electron chi connectivity index (χ2n) is 7.29. The molecule has 1 aromatic heterocycles. The highest BCUT2D eigenvalue weighted by Gasteiger charge is 2.21. The van der Waals surface area contributed by atoms with Gasteiger partial charge in [-0.1, -0.05) is 17.7 Å². The fourth-order valence-corrected chi connectivity index (χ4v) is 3.97. The van der Waals surface area contributed by atoms with Gasteiger partial charge in [-0.3, -0.25) is 4.90 Å². The molecule has 0 bridgehead atoms. The Hall–Kier alpha value is -2.29. The van der Waals surface area contributed by atoms with Crippen LogP contribution < -0.4 is 20.9 Å². The number of nitrogens with one attached hydrogen (secondary N) is 1. The van der Waals surface area contributed by atoms with Crippen molar-refractivity contribution in [3.05, 3.63) is 35.6 Å². The van der Waals surface area contributed by atoms with Gasteiger partial charge in [0.15, 0.2) is 11.6 Å². The molecule has 156 valence electrons. The van der Waals surface area contributed by atoms with Crippen LogP contribution in [-0.4, -0.2) is 80.4 Å². The van der Waals surface area contributed by atoms with Crippen molar-refractivity contribution < 1.29 is 4.74 Å². The zero-order valence-electron chi connectivity index (χ0n) is 16.6. The van der Waals surface area contributed by atoms with Crippen LogP contribution in [0.3, 0.4) is 0 Å². The summed E-state index contributed by atoms with van der Waals surface area (Å²) >= 11 is 6.13. The lowest BCUT2D eigenvalue weighted by Gasteiger charge is -2.37. The number of benzene rings is 1. The quantitative estimate of drug-likeness (QED) is 0.736. The third-order valence-electron chi connectivity index (χ3n) is 5.44. The second kappa shape index (κ2) is 9.47. The van der Waals surface area contributed by atoms with E-state index in [2.05, 4.69) is 36.1 Å². The molecule has 3 heterocycles. The van der Waals surface area contributed by atoms with Crippen LogP contribution in [-0.2, 0) is 4.74 Å². The zero-order valence-corrected chi connectivity index (χ0v) is 17.3. The largest absolute Gasteiger partial charge is 0.393 e. The van der Waals surface area contributed by atoms with Gasteiger partial charge in [-0.05, 0) is 18.2 Å². The number of hydrogen-bond donors (Lipinski definition) is 2. The molecule has 8 nitrogen and oxygen atoms in total. The van der Waals surface area contributed by atoms with Crippen LogP contribution in [0.5, 0.6) is 0 Å². The van der Waals surface area contributed by atoms with Crippen molar-refractivity contribution in [1.82, 2.24) is 14.9 Å². The number of anilines is 4. The summed E-state index contributed by atoms with van der Waals surface area (Å²) in [6.45, 7) is 8.78. The smallest absolute Gasteiger partial charge is 0.157 e. The minimum atomic E-state index is 0.616. The third-order valence-corrected chi connectivity index (χ3v) is 5.67. The summed E-state index contributed by atoms with van der Waals surface area (Å²) in [7, 11) is 0. The molecule has 0 amide bonds. The first-order chi connectivity index (χ1) is 14.2. The summed E-state index contributed by atoms with van der Waals surface area (Å²) < 4.78 is 5.39. The van der Waals surface area contributed by atoms with Gasteiger partial charge in [-0.25, -0.2) is 9.97 Å². The Labute approximate surface area is 176 Å². The Balaban J connectivity index is 1.33. The SMILES string of the molecule is Nc1c(NCCN2CCOCC2)ncnc1N1CCN(c2cccc(Cl)c2)CC1. The summed E-state index contributed by atoms with van der Waals surface area (Å²) in [5, 5.41) is 4.13. The predicted molar refractivity (Wildman–Crippen MR) is 118 cm³/mol. The van der Waals surface area contributed by atoms with Gasteiger partial charge in [-0.2, -0.15) is 0 Å². The van der Waals surface area contributed by atoms with E-state index < -0.39 is 0 Å². The van der Waals surface area contributed by atoms with E-state index in [1.807, 2.05) is 18.2 Å². The molecule has 0 spiro atoms. The number of nitrogens with zero attached hydrogens (tertiary/aromatic N) is 5. The van der Waals surface area contributed by atoms with Crippen LogP contribution in [0.4, 0.5) is 23.0 Å². The van der Waals surface area contributed by atoms with E-state index in [-0.39, 0.29) is 0 Å². The average molecular weight is 418 g/mol. The standard InChI is InChI=1S/C20H28ClN7O/c21-16-2-1-3-17(14-16)27-6-8-28(9-7-27)20-18(22)19(24-15-25-20)23-4-5-26-10-12-29-13-11-26/h1-3,14-15H,4-13,22H2,(H,23,24,25). The molecule has 0 atom stereocenters. The molecule has 4 rings (SSSR count). The summed E-state index contributed by atoms with van der Waals surface area (Å²) in [4.78, 5) is 15.7. The van der Waals surface area contributed by atoms with Gasteiger partial charge in [0.1, 0.15) is 12.0 Å². The van der Waals surface area contributed by atoms with Crippen molar-refractivity contribution in [3.63, 3.8) is 0 Å². The molecular formula is C20H28ClN7O. The fourth-order valence-electron chi connectivity index (χ4n) is 3.79. The van der Waals surface area contributed by atoms with Crippen molar-refractivity contribution >= 4 is 34.6 Å². The van der Waals surface area contributed by atoms with Crippen molar-refractivity contribution in [3.8, 4) is 0 Å². The van der Waals surface area contributed by atoms with E-state index in [9.17, 15) is 0 Å². The molecule has 2 fully saturated rings. The van der Waals surface area contributed by atoms with Crippen molar-refractivity contribution in [2.24, 2.45) is 0 Å². The molecule has 2 aliphatic heterocycles.